The van der Waals surface area contributed by atoms with E-state index in [-0.39, 0.29) is 11.2 Å². The van der Waals surface area contributed by atoms with Crippen molar-refractivity contribution in [3.63, 3.8) is 0 Å². The monoisotopic (exact) mass is 478 g/mol. The summed E-state index contributed by atoms with van der Waals surface area (Å²) in [6, 6.07) is 14.9. The van der Waals surface area contributed by atoms with E-state index in [9.17, 15) is 13.6 Å². The van der Waals surface area contributed by atoms with Crippen LogP contribution in [0.25, 0.3) is 0 Å². The van der Waals surface area contributed by atoms with Crippen LogP contribution >= 0.6 is 34.9 Å². The zero-order valence-corrected chi connectivity index (χ0v) is 19.1. The SMILES string of the molecule is CC(Sc1nnc(Nc2ccc(SC(F)F)cc2)s1)C(=O)N1CCc2ccccc2C1. The molecule has 10 heteroatoms. The second-order valence-electron chi connectivity index (χ2n) is 6.94. The van der Waals surface area contributed by atoms with E-state index in [0.717, 1.165) is 18.7 Å². The Labute approximate surface area is 191 Å². The lowest BCUT2D eigenvalue weighted by Crippen LogP contribution is -2.40. The smallest absolute Gasteiger partial charge is 0.288 e. The van der Waals surface area contributed by atoms with Gasteiger partial charge in [0.05, 0.1) is 5.25 Å². The van der Waals surface area contributed by atoms with Crippen LogP contribution in [-0.2, 0) is 17.8 Å². The van der Waals surface area contributed by atoms with Gasteiger partial charge >= 0.3 is 0 Å². The van der Waals surface area contributed by atoms with Crippen LogP contribution in [0.5, 0.6) is 0 Å². The number of nitrogens with zero attached hydrogens (tertiary/aromatic N) is 3. The Morgan fingerprint density at radius 1 is 1.10 bits per heavy atom. The van der Waals surface area contributed by atoms with Gasteiger partial charge in [0.25, 0.3) is 5.76 Å². The van der Waals surface area contributed by atoms with Gasteiger partial charge in [0.2, 0.25) is 11.0 Å². The largest absolute Gasteiger partial charge is 0.337 e. The number of amides is 1. The number of carbonyl (C=O) groups excluding carboxylic acids is 1. The molecule has 162 valence electrons. The first-order chi connectivity index (χ1) is 15.0. The van der Waals surface area contributed by atoms with Crippen molar-refractivity contribution in [3.05, 3.63) is 59.7 Å². The van der Waals surface area contributed by atoms with E-state index in [4.69, 9.17) is 0 Å². The van der Waals surface area contributed by atoms with Crippen molar-refractivity contribution < 1.29 is 13.6 Å². The molecule has 31 heavy (non-hydrogen) atoms. The zero-order chi connectivity index (χ0) is 21.8. The summed E-state index contributed by atoms with van der Waals surface area (Å²) in [6.45, 7) is 3.26. The van der Waals surface area contributed by atoms with Gasteiger partial charge in [-0.1, -0.05) is 59.1 Å². The van der Waals surface area contributed by atoms with E-state index >= 15 is 0 Å². The number of anilines is 2. The molecule has 1 unspecified atom stereocenters. The standard InChI is InChI=1S/C21H20F2N4OS3/c1-13(18(28)27-11-10-14-4-2-3-5-15(14)12-27)29-21-26-25-20(31-21)24-16-6-8-17(9-7-16)30-19(22)23/h2-9,13,19H,10-12H2,1H3,(H,24,25). The Morgan fingerprint density at radius 2 is 1.84 bits per heavy atom. The van der Waals surface area contributed by atoms with Crippen LogP contribution < -0.4 is 5.32 Å². The molecule has 3 aromatic rings. The number of hydrogen-bond donors (Lipinski definition) is 1. The number of benzene rings is 2. The molecule has 1 atom stereocenters. The average Bonchev–Trinajstić information content (AvgIpc) is 3.20. The van der Waals surface area contributed by atoms with Gasteiger partial charge in [-0.05, 0) is 48.7 Å². The highest BCUT2D eigenvalue weighted by atomic mass is 32.2. The molecule has 1 aliphatic rings. The van der Waals surface area contributed by atoms with Gasteiger partial charge < -0.3 is 10.2 Å². The van der Waals surface area contributed by atoms with Crippen LogP contribution in [0.2, 0.25) is 0 Å². The van der Waals surface area contributed by atoms with E-state index in [0.29, 0.717) is 32.7 Å². The number of carbonyl (C=O) groups is 1. The summed E-state index contributed by atoms with van der Waals surface area (Å²) in [4.78, 5) is 15.3. The quantitative estimate of drug-likeness (QED) is 0.442. The van der Waals surface area contributed by atoms with Gasteiger partial charge in [-0.15, -0.1) is 10.2 Å². The number of thioether (sulfide) groups is 2. The van der Waals surface area contributed by atoms with Crippen molar-refractivity contribution in [1.82, 2.24) is 15.1 Å². The molecular formula is C21H20F2N4OS3. The minimum absolute atomic E-state index is 0.0938. The topological polar surface area (TPSA) is 58.1 Å². The maximum absolute atomic E-state index is 12.9. The molecule has 1 aliphatic heterocycles. The zero-order valence-electron chi connectivity index (χ0n) is 16.6. The molecule has 0 saturated heterocycles. The lowest BCUT2D eigenvalue weighted by atomic mass is 10.00. The van der Waals surface area contributed by atoms with E-state index in [1.807, 2.05) is 24.0 Å². The molecule has 0 spiro atoms. The summed E-state index contributed by atoms with van der Waals surface area (Å²) in [5.41, 5.74) is 3.26. The first-order valence-corrected chi connectivity index (χ1v) is 12.2. The summed E-state index contributed by atoms with van der Waals surface area (Å²) >= 11 is 3.26. The Kier molecular flexibility index (Phi) is 7.09. The summed E-state index contributed by atoms with van der Waals surface area (Å²) in [6.07, 6.45) is 0.876. The fraction of sp³-hybridized carbons (Fsp3) is 0.286. The van der Waals surface area contributed by atoms with Gasteiger partial charge in [0.1, 0.15) is 0 Å². The molecule has 4 rings (SSSR count). The van der Waals surface area contributed by atoms with E-state index < -0.39 is 5.76 Å². The number of nitrogens with one attached hydrogen (secondary N) is 1. The number of fused-ring (bicyclic) bond motifs is 1. The fourth-order valence-corrected chi connectivity index (χ4v) is 5.79. The molecule has 2 aromatic carbocycles. The molecule has 5 nitrogen and oxygen atoms in total. The molecule has 0 radical (unpaired) electrons. The Bertz CT molecular complexity index is 1050. The summed E-state index contributed by atoms with van der Waals surface area (Å²) in [5.74, 6) is -2.35. The maximum Gasteiger partial charge on any atom is 0.288 e. The lowest BCUT2D eigenvalue weighted by Gasteiger charge is -2.30. The average molecular weight is 479 g/mol. The lowest BCUT2D eigenvalue weighted by molar-refractivity contribution is -0.131. The highest BCUT2D eigenvalue weighted by Gasteiger charge is 2.26. The first kappa shape index (κ1) is 22.0. The third kappa shape index (κ3) is 5.75. The maximum atomic E-state index is 12.9. The van der Waals surface area contributed by atoms with Crippen molar-refractivity contribution in [2.45, 2.75) is 40.1 Å². The summed E-state index contributed by atoms with van der Waals surface area (Å²) in [5, 5.41) is 11.7. The van der Waals surface area contributed by atoms with Gasteiger partial charge in [-0.3, -0.25) is 4.79 Å². The normalized spacial score (nSPS) is 14.4. The number of aromatic nitrogens is 2. The molecule has 1 amide bonds. The predicted molar refractivity (Wildman–Crippen MR) is 122 cm³/mol. The fourth-order valence-electron chi connectivity index (χ4n) is 3.29. The molecule has 0 aliphatic carbocycles. The van der Waals surface area contributed by atoms with Crippen LogP contribution in [-0.4, -0.2) is 38.6 Å². The third-order valence-electron chi connectivity index (χ3n) is 4.80. The molecule has 0 saturated carbocycles. The van der Waals surface area contributed by atoms with E-state index in [1.165, 1.54) is 34.2 Å². The van der Waals surface area contributed by atoms with Gasteiger partial charge in [-0.2, -0.15) is 8.78 Å². The van der Waals surface area contributed by atoms with Crippen LogP contribution in [0.4, 0.5) is 19.6 Å². The minimum Gasteiger partial charge on any atom is -0.337 e. The summed E-state index contributed by atoms with van der Waals surface area (Å²) in [7, 11) is 0. The van der Waals surface area contributed by atoms with Gasteiger partial charge in [0, 0.05) is 23.7 Å². The first-order valence-electron chi connectivity index (χ1n) is 9.65. The van der Waals surface area contributed by atoms with Crippen molar-refractivity contribution in [2.24, 2.45) is 0 Å². The number of hydrogen-bond acceptors (Lipinski definition) is 7. The molecule has 0 fully saturated rings. The molecule has 1 aromatic heterocycles. The van der Waals surface area contributed by atoms with Crippen molar-refractivity contribution in [1.29, 1.82) is 0 Å². The predicted octanol–water partition coefficient (Wildman–Crippen LogP) is 5.66. The van der Waals surface area contributed by atoms with Crippen molar-refractivity contribution >= 4 is 51.6 Å². The van der Waals surface area contributed by atoms with Crippen LogP contribution in [0.3, 0.4) is 0 Å². The van der Waals surface area contributed by atoms with Crippen LogP contribution in [0, 0.1) is 0 Å². The van der Waals surface area contributed by atoms with Crippen LogP contribution in [0.1, 0.15) is 18.1 Å². The number of alkyl halides is 2. The molecule has 0 bridgehead atoms. The second kappa shape index (κ2) is 9.97. The molecular weight excluding hydrogens is 458 g/mol. The van der Waals surface area contributed by atoms with E-state index in [2.05, 4.69) is 27.6 Å². The third-order valence-corrected chi connectivity index (χ3v) is 7.54. The highest BCUT2D eigenvalue weighted by Crippen LogP contribution is 2.32. The number of rotatable bonds is 7. The Balaban J connectivity index is 1.32. The van der Waals surface area contributed by atoms with E-state index in [1.54, 1.807) is 24.3 Å². The van der Waals surface area contributed by atoms with Crippen LogP contribution in [0.15, 0.2) is 57.8 Å². The second-order valence-corrected chi connectivity index (χ2v) is 10.6. The Morgan fingerprint density at radius 3 is 2.58 bits per heavy atom. The van der Waals surface area contributed by atoms with Gasteiger partial charge in [-0.25, -0.2) is 0 Å². The minimum atomic E-state index is -2.44. The Hall–Kier alpha value is -2.17. The van der Waals surface area contributed by atoms with Crippen molar-refractivity contribution in [3.8, 4) is 0 Å². The van der Waals surface area contributed by atoms with Gasteiger partial charge in [0.15, 0.2) is 4.34 Å². The summed E-state index contributed by atoms with van der Waals surface area (Å²) < 4.78 is 25.5. The highest BCUT2D eigenvalue weighted by molar-refractivity contribution is 8.02. The van der Waals surface area contributed by atoms with Crippen molar-refractivity contribution in [2.75, 3.05) is 11.9 Å². The molecule has 1 N–H and O–H groups in total. The molecule has 2 heterocycles. The number of halogens is 2.